The van der Waals surface area contributed by atoms with Gasteiger partial charge in [-0.15, -0.1) is 0 Å². The summed E-state index contributed by atoms with van der Waals surface area (Å²) in [4.78, 5) is 25.7. The molecule has 0 aromatic heterocycles. The van der Waals surface area contributed by atoms with Crippen molar-refractivity contribution in [3.05, 3.63) is 23.8 Å². The third-order valence-corrected chi connectivity index (χ3v) is 4.87. The fourth-order valence-electron chi connectivity index (χ4n) is 3.65. The molecule has 2 saturated heterocycles. The molecule has 2 fully saturated rings. The van der Waals surface area contributed by atoms with Gasteiger partial charge in [-0.1, -0.05) is 6.07 Å². The number of carbonyl (C=O) groups excluding carboxylic acids is 1. The van der Waals surface area contributed by atoms with Gasteiger partial charge in [0.25, 0.3) is 0 Å². The van der Waals surface area contributed by atoms with Crippen molar-refractivity contribution in [2.75, 3.05) is 33.4 Å². The maximum absolute atomic E-state index is 11.9. The number of aliphatic carboxylic acids is 1. The second kappa shape index (κ2) is 6.32. The van der Waals surface area contributed by atoms with Crippen molar-refractivity contribution >= 4 is 11.9 Å². The van der Waals surface area contributed by atoms with Crippen LogP contribution in [0.3, 0.4) is 0 Å². The fourth-order valence-corrected chi connectivity index (χ4v) is 3.65. The van der Waals surface area contributed by atoms with Crippen LogP contribution in [0.15, 0.2) is 18.2 Å². The van der Waals surface area contributed by atoms with E-state index in [0.29, 0.717) is 37.7 Å². The number of nitrogens with zero attached hydrogens (tertiary/aromatic N) is 1. The first kappa shape index (κ1) is 16.6. The van der Waals surface area contributed by atoms with E-state index in [1.54, 1.807) is 7.11 Å². The Labute approximate surface area is 140 Å². The predicted molar refractivity (Wildman–Crippen MR) is 86.0 cm³/mol. The van der Waals surface area contributed by atoms with Crippen LogP contribution in [0.5, 0.6) is 11.5 Å². The quantitative estimate of drug-likeness (QED) is 0.797. The minimum absolute atomic E-state index is 0.162. The molecular weight excluding hydrogens is 312 g/mol. The summed E-state index contributed by atoms with van der Waals surface area (Å²) in [5.74, 6) is -0.217. The van der Waals surface area contributed by atoms with Gasteiger partial charge in [0, 0.05) is 26.2 Å². The molecule has 7 heteroatoms. The molecule has 0 saturated carbocycles. The third kappa shape index (κ3) is 2.69. The van der Waals surface area contributed by atoms with E-state index in [4.69, 9.17) is 9.47 Å². The van der Waals surface area contributed by atoms with Crippen LogP contribution in [-0.2, 0) is 16.1 Å². The fraction of sp³-hybridized carbons (Fsp3) is 0.529. The zero-order valence-electron chi connectivity index (χ0n) is 13.9. The highest BCUT2D eigenvalue weighted by Gasteiger charge is 2.59. The minimum Gasteiger partial charge on any atom is -0.493 e. The van der Waals surface area contributed by atoms with Crippen molar-refractivity contribution in [1.29, 1.82) is 0 Å². The van der Waals surface area contributed by atoms with Gasteiger partial charge in [0.05, 0.1) is 19.6 Å². The molecule has 1 aromatic carbocycles. The zero-order valence-corrected chi connectivity index (χ0v) is 13.9. The number of carboxylic acid groups (broad SMARTS) is 1. The van der Waals surface area contributed by atoms with Crippen molar-refractivity contribution in [3.63, 3.8) is 0 Å². The van der Waals surface area contributed by atoms with Crippen LogP contribution < -0.4 is 14.8 Å². The van der Waals surface area contributed by atoms with Gasteiger partial charge in [-0.25, -0.2) is 0 Å². The van der Waals surface area contributed by atoms with Crippen molar-refractivity contribution in [1.82, 2.24) is 10.2 Å². The molecule has 0 spiro atoms. The number of benzene rings is 1. The van der Waals surface area contributed by atoms with Crippen molar-refractivity contribution < 1.29 is 24.2 Å². The number of rotatable bonds is 6. The minimum atomic E-state index is -1.01. The summed E-state index contributed by atoms with van der Waals surface area (Å²) in [5, 5.41) is 12.3. The third-order valence-electron chi connectivity index (χ3n) is 4.87. The lowest BCUT2D eigenvalue weighted by Gasteiger charge is -2.22. The van der Waals surface area contributed by atoms with Crippen LogP contribution >= 0.6 is 0 Å². The van der Waals surface area contributed by atoms with Crippen LogP contribution in [0.1, 0.15) is 12.5 Å². The van der Waals surface area contributed by atoms with Crippen molar-refractivity contribution in [2.24, 2.45) is 11.3 Å². The lowest BCUT2D eigenvalue weighted by atomic mass is 9.81. The molecule has 0 radical (unpaired) electrons. The van der Waals surface area contributed by atoms with Crippen LogP contribution in [0.4, 0.5) is 0 Å². The van der Waals surface area contributed by atoms with E-state index in [9.17, 15) is 14.7 Å². The van der Waals surface area contributed by atoms with Gasteiger partial charge >= 0.3 is 5.97 Å². The average molecular weight is 334 g/mol. The molecule has 1 aromatic rings. The molecule has 130 valence electrons. The number of fused-ring (bicyclic) bond motifs is 1. The molecule has 0 bridgehead atoms. The smallest absolute Gasteiger partial charge is 0.313 e. The summed E-state index contributed by atoms with van der Waals surface area (Å²) < 4.78 is 10.9. The number of hydrogen-bond donors (Lipinski definition) is 2. The van der Waals surface area contributed by atoms with E-state index in [1.165, 1.54) is 0 Å². The Balaban J connectivity index is 1.77. The first-order valence-electron chi connectivity index (χ1n) is 8.03. The highest BCUT2D eigenvalue weighted by atomic mass is 16.5. The molecule has 2 aliphatic heterocycles. The largest absolute Gasteiger partial charge is 0.493 e. The molecule has 3 rings (SSSR count). The second-order valence-electron chi connectivity index (χ2n) is 6.32. The first-order chi connectivity index (χ1) is 11.5. The molecule has 2 heterocycles. The monoisotopic (exact) mass is 334 g/mol. The topological polar surface area (TPSA) is 88.1 Å². The van der Waals surface area contributed by atoms with Gasteiger partial charge in [-0.05, 0) is 24.6 Å². The number of carbonyl (C=O) groups is 2. The zero-order chi connectivity index (χ0) is 17.3. The molecule has 0 aliphatic carbocycles. The summed E-state index contributed by atoms with van der Waals surface area (Å²) in [7, 11) is 1.59. The van der Waals surface area contributed by atoms with E-state index in [1.807, 2.05) is 30.0 Å². The van der Waals surface area contributed by atoms with Crippen LogP contribution in [0, 0.1) is 11.3 Å². The second-order valence-corrected chi connectivity index (χ2v) is 6.32. The number of nitrogens with one attached hydrogen (secondary N) is 1. The van der Waals surface area contributed by atoms with Gasteiger partial charge < -0.3 is 19.9 Å². The Hall–Kier alpha value is -2.28. The normalized spacial score (nSPS) is 26.1. The van der Waals surface area contributed by atoms with E-state index < -0.39 is 17.3 Å². The van der Waals surface area contributed by atoms with Gasteiger partial charge in [0.15, 0.2) is 11.5 Å². The number of ether oxygens (including phenoxy) is 2. The van der Waals surface area contributed by atoms with E-state index in [-0.39, 0.29) is 12.5 Å². The molecule has 2 aliphatic rings. The molecular formula is C17H22N2O5. The number of hydrogen-bond acceptors (Lipinski definition) is 5. The molecule has 7 nitrogen and oxygen atoms in total. The number of likely N-dealkylation sites (tertiary alicyclic amines) is 1. The number of carboxylic acids is 1. The highest BCUT2D eigenvalue weighted by Crippen LogP contribution is 2.40. The number of methoxy groups -OCH3 is 1. The highest BCUT2D eigenvalue weighted by molar-refractivity contribution is 5.92. The van der Waals surface area contributed by atoms with Crippen LogP contribution in [-0.4, -0.2) is 55.2 Å². The van der Waals surface area contributed by atoms with Crippen LogP contribution in [0.25, 0.3) is 0 Å². The lowest BCUT2D eigenvalue weighted by molar-refractivity contribution is -0.149. The van der Waals surface area contributed by atoms with Gasteiger partial charge in [-0.2, -0.15) is 0 Å². The maximum Gasteiger partial charge on any atom is 0.313 e. The van der Waals surface area contributed by atoms with E-state index in [2.05, 4.69) is 5.32 Å². The molecule has 2 atom stereocenters. The van der Waals surface area contributed by atoms with Gasteiger partial charge in [0.1, 0.15) is 5.41 Å². The Kier molecular flexibility index (Phi) is 4.36. The van der Waals surface area contributed by atoms with Crippen molar-refractivity contribution in [2.45, 2.75) is 13.5 Å². The lowest BCUT2D eigenvalue weighted by Crippen LogP contribution is -2.40. The maximum atomic E-state index is 11.9. The molecule has 24 heavy (non-hydrogen) atoms. The molecule has 0 unspecified atom stereocenters. The predicted octanol–water partition coefficient (Wildman–Crippen LogP) is 0.726. The summed E-state index contributed by atoms with van der Waals surface area (Å²) in [5.41, 5.74) is -0.00748. The SMILES string of the molecule is CCOc1cc(CN2C[C@@H]3C(=O)NC[C@]3(C(=O)O)C2)ccc1OC. The van der Waals surface area contributed by atoms with Crippen LogP contribution in [0.2, 0.25) is 0 Å². The first-order valence-corrected chi connectivity index (χ1v) is 8.03. The van der Waals surface area contributed by atoms with E-state index >= 15 is 0 Å². The standard InChI is InChI=1S/C17H22N2O5/c1-3-24-14-6-11(4-5-13(14)23-2)7-19-8-12-15(20)18-9-17(12,10-19)16(21)22/h4-6,12H,3,7-10H2,1-2H3,(H,18,20)(H,21,22)/t12-,17+/m1/s1. The summed E-state index contributed by atoms with van der Waals surface area (Å²) in [6.07, 6.45) is 0. The Morgan fingerprint density at radius 2 is 2.25 bits per heavy atom. The summed E-state index contributed by atoms with van der Waals surface area (Å²) in [6, 6.07) is 5.68. The average Bonchev–Trinajstić information content (AvgIpc) is 3.06. The Morgan fingerprint density at radius 1 is 1.46 bits per heavy atom. The Morgan fingerprint density at radius 3 is 2.88 bits per heavy atom. The summed E-state index contributed by atoms with van der Waals surface area (Å²) >= 11 is 0. The Bertz CT molecular complexity index is 662. The van der Waals surface area contributed by atoms with Crippen molar-refractivity contribution in [3.8, 4) is 11.5 Å². The molecule has 2 N–H and O–H groups in total. The number of amides is 1. The van der Waals surface area contributed by atoms with Gasteiger partial charge in [-0.3, -0.25) is 14.5 Å². The molecule has 1 amide bonds. The van der Waals surface area contributed by atoms with E-state index in [0.717, 1.165) is 5.56 Å². The summed E-state index contributed by atoms with van der Waals surface area (Å²) in [6.45, 7) is 4.03. The van der Waals surface area contributed by atoms with Gasteiger partial charge in [0.2, 0.25) is 5.91 Å².